The van der Waals surface area contributed by atoms with E-state index >= 15 is 0 Å². The van der Waals surface area contributed by atoms with Crippen LogP contribution in [-0.4, -0.2) is 41.8 Å². The van der Waals surface area contributed by atoms with Gasteiger partial charge in [0.2, 0.25) is 0 Å². The fourth-order valence-corrected chi connectivity index (χ4v) is 1.31. The fourth-order valence-electron chi connectivity index (χ4n) is 1.31. The molecule has 96 valence electrons. The van der Waals surface area contributed by atoms with Crippen LogP contribution in [0.1, 0.15) is 10.4 Å². The minimum absolute atomic E-state index is 0.101. The average molecular weight is 252 g/mol. The number of hydrogen-bond donors (Lipinski definition) is 3. The van der Waals surface area contributed by atoms with E-state index < -0.39 is 24.5 Å². The summed E-state index contributed by atoms with van der Waals surface area (Å²) in [6, 6.07) is 6.04. The number of rotatable bonds is 4. The lowest BCUT2D eigenvalue weighted by Gasteiger charge is -2.16. The molecule has 0 saturated heterocycles. The Hall–Kier alpha value is -2.57. The van der Waals surface area contributed by atoms with E-state index in [2.05, 4.69) is 5.32 Å². The van der Waals surface area contributed by atoms with Gasteiger partial charge in [0.05, 0.1) is 11.3 Å². The molecule has 0 aromatic heterocycles. The summed E-state index contributed by atoms with van der Waals surface area (Å²) in [5.41, 5.74) is 0.288. The number of carboxylic acids is 1. The van der Waals surface area contributed by atoms with E-state index in [4.69, 9.17) is 10.2 Å². The van der Waals surface area contributed by atoms with Gasteiger partial charge in [-0.05, 0) is 12.1 Å². The van der Waals surface area contributed by atoms with Crippen molar-refractivity contribution in [3.63, 3.8) is 0 Å². The molecule has 1 rings (SSSR count). The van der Waals surface area contributed by atoms with Gasteiger partial charge in [-0.2, -0.15) is 0 Å². The second-order valence-electron chi connectivity index (χ2n) is 3.44. The number of aliphatic carboxylic acids is 1. The first kappa shape index (κ1) is 13.5. The van der Waals surface area contributed by atoms with Gasteiger partial charge in [-0.1, -0.05) is 12.1 Å². The highest BCUT2D eigenvalue weighted by Crippen LogP contribution is 2.18. The summed E-state index contributed by atoms with van der Waals surface area (Å²) in [6.07, 6.45) is -1.21. The summed E-state index contributed by atoms with van der Waals surface area (Å²) >= 11 is 0. The highest BCUT2D eigenvalue weighted by atomic mass is 16.4. The van der Waals surface area contributed by atoms with Crippen molar-refractivity contribution in [1.29, 1.82) is 0 Å². The van der Waals surface area contributed by atoms with E-state index in [-0.39, 0.29) is 11.3 Å². The van der Waals surface area contributed by atoms with E-state index in [0.29, 0.717) is 0 Å². The van der Waals surface area contributed by atoms with Crippen molar-refractivity contribution in [2.45, 2.75) is 0 Å². The van der Waals surface area contributed by atoms with Crippen LogP contribution in [0.3, 0.4) is 0 Å². The number of nitrogens with one attached hydrogen (secondary N) is 1. The second kappa shape index (κ2) is 5.67. The Morgan fingerprint density at radius 3 is 2.39 bits per heavy atom. The number of carbonyl (C=O) groups excluding carboxylic acids is 1. The highest BCUT2D eigenvalue weighted by molar-refractivity contribution is 6.03. The van der Waals surface area contributed by atoms with Crippen molar-refractivity contribution in [3.05, 3.63) is 29.8 Å². The molecule has 7 heteroatoms. The highest BCUT2D eigenvalue weighted by Gasteiger charge is 2.17. The number of amides is 2. The Balaban J connectivity index is 2.98. The van der Waals surface area contributed by atoms with Gasteiger partial charge >= 0.3 is 12.1 Å². The molecule has 0 aliphatic heterocycles. The molecule has 0 aliphatic rings. The number of benzene rings is 1. The number of para-hydroxylation sites is 1. The van der Waals surface area contributed by atoms with Gasteiger partial charge in [0.15, 0.2) is 0 Å². The standard InChI is InChI=1S/C11H12N2O5/c1-13(11(17)18)8-5-3-2-4-7(8)10(16)12-6-9(14)15/h2-5H,6H2,1H3,(H,12,16)(H,14,15)(H,17,18). The normalized spacial score (nSPS) is 9.61. The maximum absolute atomic E-state index is 11.7. The Morgan fingerprint density at radius 2 is 1.83 bits per heavy atom. The number of nitrogens with zero attached hydrogens (tertiary/aromatic N) is 1. The number of hydrogen-bond acceptors (Lipinski definition) is 3. The molecule has 18 heavy (non-hydrogen) atoms. The quantitative estimate of drug-likeness (QED) is 0.728. The minimum Gasteiger partial charge on any atom is -0.480 e. The molecular formula is C11H12N2O5. The van der Waals surface area contributed by atoms with Crippen LogP contribution in [-0.2, 0) is 4.79 Å². The van der Waals surface area contributed by atoms with Crippen molar-refractivity contribution >= 4 is 23.7 Å². The van der Waals surface area contributed by atoms with Gasteiger partial charge in [0.25, 0.3) is 5.91 Å². The van der Waals surface area contributed by atoms with Crippen molar-refractivity contribution in [3.8, 4) is 0 Å². The molecule has 0 bridgehead atoms. The van der Waals surface area contributed by atoms with Crippen LogP contribution < -0.4 is 10.2 Å². The monoisotopic (exact) mass is 252 g/mol. The number of carboxylic acid groups (broad SMARTS) is 2. The minimum atomic E-state index is -1.21. The molecule has 0 spiro atoms. The molecule has 1 aromatic rings. The molecule has 0 heterocycles. The molecule has 1 aromatic carbocycles. The smallest absolute Gasteiger partial charge is 0.411 e. The third-order valence-electron chi connectivity index (χ3n) is 2.20. The summed E-state index contributed by atoms with van der Waals surface area (Å²) in [4.78, 5) is 33.8. The lowest BCUT2D eigenvalue weighted by atomic mass is 10.1. The fraction of sp³-hybridized carbons (Fsp3) is 0.182. The number of carbonyl (C=O) groups is 3. The van der Waals surface area contributed by atoms with Crippen LogP contribution in [0.4, 0.5) is 10.5 Å². The second-order valence-corrected chi connectivity index (χ2v) is 3.44. The van der Waals surface area contributed by atoms with Crippen molar-refractivity contribution in [2.24, 2.45) is 0 Å². The first-order valence-corrected chi connectivity index (χ1v) is 4.99. The molecule has 0 aliphatic carbocycles. The lowest BCUT2D eigenvalue weighted by Crippen LogP contribution is -2.32. The Kier molecular flexibility index (Phi) is 4.25. The van der Waals surface area contributed by atoms with Crippen LogP contribution in [0.25, 0.3) is 0 Å². The first-order valence-electron chi connectivity index (χ1n) is 4.99. The molecule has 0 fully saturated rings. The first-order chi connectivity index (χ1) is 8.43. The molecule has 7 nitrogen and oxygen atoms in total. The summed E-state index contributed by atoms with van der Waals surface area (Å²) in [7, 11) is 1.30. The van der Waals surface area contributed by atoms with Gasteiger partial charge in [-0.25, -0.2) is 4.79 Å². The van der Waals surface area contributed by atoms with Gasteiger partial charge in [0.1, 0.15) is 6.54 Å². The van der Waals surface area contributed by atoms with Crippen LogP contribution >= 0.6 is 0 Å². The zero-order valence-electron chi connectivity index (χ0n) is 9.58. The number of anilines is 1. The zero-order valence-corrected chi connectivity index (χ0v) is 9.58. The summed E-state index contributed by atoms with van der Waals surface area (Å²) < 4.78 is 0. The Labute approximate surface area is 103 Å². The van der Waals surface area contributed by atoms with E-state index in [0.717, 1.165) is 4.90 Å². The van der Waals surface area contributed by atoms with Crippen LogP contribution in [0, 0.1) is 0 Å². The van der Waals surface area contributed by atoms with Gasteiger partial charge < -0.3 is 15.5 Å². The summed E-state index contributed by atoms with van der Waals surface area (Å²) in [5, 5.41) is 19.5. The van der Waals surface area contributed by atoms with Gasteiger partial charge in [-0.3, -0.25) is 14.5 Å². The maximum atomic E-state index is 11.7. The lowest BCUT2D eigenvalue weighted by molar-refractivity contribution is -0.135. The van der Waals surface area contributed by atoms with Crippen LogP contribution in [0.15, 0.2) is 24.3 Å². The van der Waals surface area contributed by atoms with E-state index in [1.165, 1.54) is 19.2 Å². The van der Waals surface area contributed by atoms with Gasteiger partial charge in [0, 0.05) is 7.05 Å². The molecule has 0 unspecified atom stereocenters. The average Bonchev–Trinajstić information content (AvgIpc) is 2.34. The molecule has 3 N–H and O–H groups in total. The van der Waals surface area contributed by atoms with Crippen molar-refractivity contribution in [1.82, 2.24) is 5.32 Å². The van der Waals surface area contributed by atoms with E-state index in [1.54, 1.807) is 12.1 Å². The predicted octanol–water partition coefficient (Wildman–Crippen LogP) is 0.615. The molecule has 0 radical (unpaired) electrons. The third kappa shape index (κ3) is 3.21. The van der Waals surface area contributed by atoms with Crippen molar-refractivity contribution < 1.29 is 24.6 Å². The Bertz CT molecular complexity index is 486. The van der Waals surface area contributed by atoms with Crippen LogP contribution in [0.2, 0.25) is 0 Å². The predicted molar refractivity (Wildman–Crippen MR) is 62.8 cm³/mol. The van der Waals surface area contributed by atoms with E-state index in [9.17, 15) is 14.4 Å². The third-order valence-corrected chi connectivity index (χ3v) is 2.20. The van der Waals surface area contributed by atoms with Gasteiger partial charge in [-0.15, -0.1) is 0 Å². The van der Waals surface area contributed by atoms with Crippen molar-refractivity contribution in [2.75, 3.05) is 18.5 Å². The molecular weight excluding hydrogens is 240 g/mol. The maximum Gasteiger partial charge on any atom is 0.411 e. The largest absolute Gasteiger partial charge is 0.480 e. The molecule has 2 amide bonds. The SMILES string of the molecule is CN(C(=O)O)c1ccccc1C(=O)NCC(=O)O. The topological polar surface area (TPSA) is 107 Å². The van der Waals surface area contributed by atoms with Crippen LogP contribution in [0.5, 0.6) is 0 Å². The Morgan fingerprint density at radius 1 is 1.22 bits per heavy atom. The molecule has 0 atom stereocenters. The zero-order chi connectivity index (χ0) is 13.7. The summed E-state index contributed by atoms with van der Waals surface area (Å²) in [6.45, 7) is -0.524. The summed E-state index contributed by atoms with van der Waals surface area (Å²) in [5.74, 6) is -1.81. The van der Waals surface area contributed by atoms with E-state index in [1.807, 2.05) is 0 Å². The molecule has 0 saturated carbocycles.